The second kappa shape index (κ2) is 7.03. The van der Waals surface area contributed by atoms with Crippen LogP contribution in [0.5, 0.6) is 0 Å². The summed E-state index contributed by atoms with van der Waals surface area (Å²) in [6.45, 7) is 0. The number of hydrogen-bond acceptors (Lipinski definition) is 4. The molecular weight excluding hydrogens is 370 g/mol. The summed E-state index contributed by atoms with van der Waals surface area (Å²) in [5, 5.41) is 5.08. The lowest BCUT2D eigenvalue weighted by molar-refractivity contribution is 0.593. The maximum absolute atomic E-state index is 13.0. The fraction of sp³-hybridized carbons (Fsp3) is 0.0526. The van der Waals surface area contributed by atoms with Crippen molar-refractivity contribution in [2.45, 2.75) is 15.5 Å². The highest BCUT2D eigenvalue weighted by molar-refractivity contribution is 7.91. The summed E-state index contributed by atoms with van der Waals surface area (Å²) in [4.78, 5) is 0.0422. The van der Waals surface area contributed by atoms with E-state index in [4.69, 9.17) is 5.14 Å². The summed E-state index contributed by atoms with van der Waals surface area (Å²) in [6, 6.07) is 22.1. The van der Waals surface area contributed by atoms with Gasteiger partial charge in [0.2, 0.25) is 19.9 Å². The van der Waals surface area contributed by atoms with Crippen LogP contribution >= 0.6 is 0 Å². The summed E-state index contributed by atoms with van der Waals surface area (Å²) in [7, 11) is -7.71. The molecule has 5 nitrogen and oxygen atoms in total. The molecule has 0 aliphatic rings. The molecule has 0 saturated heterocycles. The Morgan fingerprint density at radius 1 is 0.654 bits per heavy atom. The van der Waals surface area contributed by atoms with Crippen molar-refractivity contribution in [3.8, 4) is 11.1 Å². The number of sulfonamides is 1. The highest BCUT2D eigenvalue weighted by Gasteiger charge is 2.22. The van der Waals surface area contributed by atoms with E-state index in [2.05, 4.69) is 0 Å². The number of primary sulfonamides is 1. The number of sulfone groups is 1. The molecule has 0 radical (unpaired) electrons. The molecule has 0 bridgehead atoms. The molecule has 0 heterocycles. The summed E-state index contributed by atoms with van der Waals surface area (Å²) >= 11 is 0. The van der Waals surface area contributed by atoms with Gasteiger partial charge in [0.25, 0.3) is 0 Å². The molecule has 0 aliphatic carbocycles. The van der Waals surface area contributed by atoms with Gasteiger partial charge in [0.15, 0.2) is 0 Å². The van der Waals surface area contributed by atoms with Crippen LogP contribution in [0.1, 0.15) is 5.56 Å². The van der Waals surface area contributed by atoms with E-state index in [9.17, 15) is 16.8 Å². The van der Waals surface area contributed by atoms with Crippen molar-refractivity contribution in [3.63, 3.8) is 0 Å². The molecule has 0 atom stereocenters. The Balaban J connectivity index is 2.02. The average molecular weight is 387 g/mol. The molecule has 0 unspecified atom stereocenters. The van der Waals surface area contributed by atoms with Crippen LogP contribution in [0.3, 0.4) is 0 Å². The third-order valence-electron chi connectivity index (χ3n) is 3.89. The van der Waals surface area contributed by atoms with E-state index < -0.39 is 25.6 Å². The van der Waals surface area contributed by atoms with Gasteiger partial charge in [-0.2, -0.15) is 0 Å². The lowest BCUT2D eigenvalue weighted by Crippen LogP contribution is -2.16. The second-order valence-corrected chi connectivity index (χ2v) is 9.34. The van der Waals surface area contributed by atoms with E-state index >= 15 is 0 Å². The van der Waals surface area contributed by atoms with Crippen molar-refractivity contribution in [2.24, 2.45) is 5.14 Å². The van der Waals surface area contributed by atoms with Gasteiger partial charge in [-0.05, 0) is 34.9 Å². The van der Waals surface area contributed by atoms with E-state index in [0.717, 1.165) is 11.1 Å². The first-order chi connectivity index (χ1) is 12.3. The topological polar surface area (TPSA) is 94.3 Å². The van der Waals surface area contributed by atoms with Gasteiger partial charge in [-0.25, -0.2) is 22.0 Å². The maximum atomic E-state index is 13.0. The van der Waals surface area contributed by atoms with Gasteiger partial charge in [0, 0.05) is 0 Å². The molecule has 0 aliphatic heterocycles. The minimum Gasteiger partial charge on any atom is -0.228 e. The minimum absolute atomic E-state index is 0.0542. The summed E-state index contributed by atoms with van der Waals surface area (Å²) in [5.74, 6) is -0.537. The van der Waals surface area contributed by atoms with Crippen LogP contribution in [0.4, 0.5) is 0 Å². The fourth-order valence-corrected chi connectivity index (χ4v) is 4.95. The van der Waals surface area contributed by atoms with Crippen molar-refractivity contribution < 1.29 is 16.8 Å². The van der Waals surface area contributed by atoms with Gasteiger partial charge in [-0.1, -0.05) is 60.7 Å². The molecule has 0 saturated carbocycles. The lowest BCUT2D eigenvalue weighted by Gasteiger charge is -2.10. The van der Waals surface area contributed by atoms with Crippen LogP contribution in [-0.4, -0.2) is 16.8 Å². The number of benzene rings is 3. The molecule has 0 aromatic heterocycles. The van der Waals surface area contributed by atoms with Gasteiger partial charge < -0.3 is 0 Å². The molecule has 3 rings (SSSR count). The third kappa shape index (κ3) is 4.01. The summed E-state index contributed by atoms with van der Waals surface area (Å²) in [6.07, 6.45) is 0. The first-order valence-corrected chi connectivity index (χ1v) is 11.0. The van der Waals surface area contributed by atoms with E-state index in [1.807, 2.05) is 30.3 Å². The molecular formula is C19H17NO4S2. The van der Waals surface area contributed by atoms with Gasteiger partial charge in [0.1, 0.15) is 0 Å². The SMILES string of the molecule is NS(=O)(=O)Cc1ccccc1S(=O)(=O)c1ccc(-c2ccccc2)cc1. The van der Waals surface area contributed by atoms with E-state index in [0.29, 0.717) is 0 Å². The van der Waals surface area contributed by atoms with E-state index in [1.54, 1.807) is 24.3 Å². The number of rotatable bonds is 5. The van der Waals surface area contributed by atoms with E-state index in [-0.39, 0.29) is 15.4 Å². The van der Waals surface area contributed by atoms with Crippen LogP contribution in [0.2, 0.25) is 0 Å². The molecule has 0 fully saturated rings. The second-order valence-electron chi connectivity index (χ2n) is 5.81. The Kier molecular flexibility index (Phi) is 4.95. The van der Waals surface area contributed by atoms with Crippen molar-refractivity contribution in [2.75, 3.05) is 0 Å². The molecule has 2 N–H and O–H groups in total. The van der Waals surface area contributed by atoms with Crippen LogP contribution in [0.15, 0.2) is 88.7 Å². The zero-order valence-electron chi connectivity index (χ0n) is 13.7. The van der Waals surface area contributed by atoms with Crippen LogP contribution in [-0.2, 0) is 25.6 Å². The van der Waals surface area contributed by atoms with Crippen molar-refractivity contribution in [1.82, 2.24) is 0 Å². The van der Waals surface area contributed by atoms with Crippen molar-refractivity contribution >= 4 is 19.9 Å². The standard InChI is InChI=1S/C19H17NO4S2/c20-25(21,22)14-17-8-4-5-9-19(17)26(23,24)18-12-10-16(11-13-18)15-6-2-1-3-7-15/h1-13H,14H2,(H2,20,21,22). The van der Waals surface area contributed by atoms with Gasteiger partial charge in [0.05, 0.1) is 15.5 Å². The van der Waals surface area contributed by atoms with Crippen LogP contribution in [0.25, 0.3) is 11.1 Å². The zero-order valence-corrected chi connectivity index (χ0v) is 15.4. The van der Waals surface area contributed by atoms with E-state index in [1.165, 1.54) is 24.3 Å². The van der Waals surface area contributed by atoms with Gasteiger partial charge >= 0.3 is 0 Å². The van der Waals surface area contributed by atoms with Crippen molar-refractivity contribution in [1.29, 1.82) is 0 Å². The molecule has 134 valence electrons. The third-order valence-corrected chi connectivity index (χ3v) is 6.47. The average Bonchev–Trinajstić information content (AvgIpc) is 2.61. The molecule has 3 aromatic carbocycles. The number of nitrogens with two attached hydrogens (primary N) is 1. The fourth-order valence-electron chi connectivity index (χ4n) is 2.69. The van der Waals surface area contributed by atoms with Crippen molar-refractivity contribution in [3.05, 3.63) is 84.4 Å². The Labute approximate surface area is 153 Å². The van der Waals surface area contributed by atoms with Crippen LogP contribution in [0, 0.1) is 0 Å². The molecule has 3 aromatic rings. The molecule has 7 heteroatoms. The molecule has 0 amide bonds. The maximum Gasteiger partial charge on any atom is 0.213 e. The largest absolute Gasteiger partial charge is 0.228 e. The predicted molar refractivity (Wildman–Crippen MR) is 101 cm³/mol. The smallest absolute Gasteiger partial charge is 0.213 e. The Morgan fingerprint density at radius 2 is 1.19 bits per heavy atom. The molecule has 26 heavy (non-hydrogen) atoms. The quantitative estimate of drug-likeness (QED) is 0.728. The summed E-state index contributed by atoms with van der Waals surface area (Å²) < 4.78 is 48.7. The Hall–Kier alpha value is -2.48. The first kappa shape index (κ1) is 18.3. The zero-order chi connectivity index (χ0) is 18.8. The lowest BCUT2D eigenvalue weighted by atomic mass is 10.1. The highest BCUT2D eigenvalue weighted by atomic mass is 32.2. The Bertz CT molecular complexity index is 1120. The Morgan fingerprint density at radius 3 is 1.81 bits per heavy atom. The van der Waals surface area contributed by atoms with Crippen LogP contribution < -0.4 is 5.14 Å². The summed E-state index contributed by atoms with van der Waals surface area (Å²) in [5.41, 5.74) is 2.02. The predicted octanol–water partition coefficient (Wildman–Crippen LogP) is 2.97. The normalized spacial score (nSPS) is 12.0. The number of hydrogen-bond donors (Lipinski definition) is 1. The monoisotopic (exact) mass is 387 g/mol. The van der Waals surface area contributed by atoms with Gasteiger partial charge in [-0.15, -0.1) is 0 Å². The highest BCUT2D eigenvalue weighted by Crippen LogP contribution is 2.27. The molecule has 0 spiro atoms. The first-order valence-electron chi connectivity index (χ1n) is 7.76. The minimum atomic E-state index is -3.86. The van der Waals surface area contributed by atoms with Gasteiger partial charge in [-0.3, -0.25) is 0 Å².